The van der Waals surface area contributed by atoms with E-state index >= 15 is 0 Å². The monoisotopic (exact) mass is 319 g/mol. The molecule has 0 N–H and O–H groups in total. The molecular weight excluding hydrogens is 294 g/mol. The Hall–Kier alpha value is -1.59. The lowest BCUT2D eigenvalue weighted by Gasteiger charge is -2.20. The van der Waals surface area contributed by atoms with Gasteiger partial charge >= 0.3 is 0 Å². The van der Waals surface area contributed by atoms with Crippen LogP contribution in [0.4, 0.5) is 0 Å². The average molecular weight is 319 g/mol. The topological polar surface area (TPSA) is 34.2 Å². The van der Waals surface area contributed by atoms with Gasteiger partial charge in [-0.15, -0.1) is 11.3 Å². The van der Waals surface area contributed by atoms with Gasteiger partial charge in [0.15, 0.2) is 5.58 Å². The van der Waals surface area contributed by atoms with Crippen LogP contribution in [-0.2, 0) is 7.05 Å². The number of likely N-dealkylation sites (tertiary alicyclic amines) is 1. The van der Waals surface area contributed by atoms with Crippen LogP contribution in [0.3, 0.4) is 0 Å². The maximum atomic E-state index is 4.95. The van der Waals surface area contributed by atoms with Crippen molar-refractivity contribution >= 4 is 21.6 Å². The van der Waals surface area contributed by atoms with Gasteiger partial charge in [0, 0.05) is 19.4 Å². The summed E-state index contributed by atoms with van der Waals surface area (Å²) in [5, 5.41) is 5.79. The lowest BCUT2D eigenvalue weighted by Crippen LogP contribution is -2.24. The van der Waals surface area contributed by atoms with E-state index in [1.807, 2.05) is 54.5 Å². The summed E-state index contributed by atoms with van der Waals surface area (Å²) in [6.45, 7) is 4.59. The molecule has 0 saturated carbocycles. The molecule has 4 rings (SSSR count). The second-order valence-corrected chi connectivity index (χ2v) is 6.51. The number of hydrogen-bond acceptors (Lipinski definition) is 4. The summed E-state index contributed by atoms with van der Waals surface area (Å²) in [5.74, 6) is 0. The molecule has 120 valence electrons. The number of fused-ring (bicyclic) bond motifs is 1. The van der Waals surface area contributed by atoms with E-state index in [0.29, 0.717) is 0 Å². The maximum absolute atomic E-state index is 4.95. The fourth-order valence-electron chi connectivity index (χ4n) is 2.26. The van der Waals surface area contributed by atoms with Gasteiger partial charge in [0.25, 0.3) is 0 Å². The third-order valence-electron chi connectivity index (χ3n) is 3.57. The molecule has 0 spiro atoms. The minimum Gasteiger partial charge on any atom is -0.357 e. The first-order chi connectivity index (χ1) is 10.7. The molecule has 4 nitrogen and oxygen atoms in total. The predicted molar refractivity (Wildman–Crippen MR) is 93.4 cm³/mol. The van der Waals surface area contributed by atoms with Crippen LogP contribution >= 0.6 is 11.3 Å². The Balaban J connectivity index is 0.000000124. The summed E-state index contributed by atoms with van der Waals surface area (Å²) in [6, 6.07) is 5.93. The van der Waals surface area contributed by atoms with E-state index in [1.54, 1.807) is 11.3 Å². The Labute approximate surface area is 136 Å². The summed E-state index contributed by atoms with van der Waals surface area (Å²) in [7, 11) is 4.19. The van der Waals surface area contributed by atoms with Crippen molar-refractivity contribution in [3.63, 3.8) is 0 Å². The van der Waals surface area contributed by atoms with Gasteiger partial charge in [0.1, 0.15) is 0 Å². The Morgan fingerprint density at radius 3 is 2.23 bits per heavy atom. The minimum absolute atomic E-state index is 0.900. The minimum atomic E-state index is 0.900. The van der Waals surface area contributed by atoms with Gasteiger partial charge in [0.2, 0.25) is 0 Å². The molecule has 1 aliphatic rings. The second kappa shape index (κ2) is 8.76. The van der Waals surface area contributed by atoms with Crippen molar-refractivity contribution in [1.29, 1.82) is 0 Å². The fourth-order valence-corrected chi connectivity index (χ4v) is 3.02. The number of aromatic nitrogens is 2. The number of nitrogens with zero attached hydrogens (tertiary/aromatic N) is 3. The molecule has 1 fully saturated rings. The Morgan fingerprint density at radius 1 is 1.09 bits per heavy atom. The highest BCUT2D eigenvalue weighted by molar-refractivity contribution is 7.17. The lowest BCUT2D eigenvalue weighted by atomic mass is 10.1. The molecule has 4 heterocycles. The molecule has 0 atom stereocenters. The Bertz CT molecular complexity index is 636. The van der Waals surface area contributed by atoms with E-state index in [4.69, 9.17) is 4.52 Å². The SMILES string of the molecule is CN1CCCCC1.Cc1noc2ccsc12.Cn1cccc1. The number of hydrogen-bond donors (Lipinski definition) is 0. The van der Waals surface area contributed by atoms with E-state index in [9.17, 15) is 0 Å². The molecule has 0 bridgehead atoms. The van der Waals surface area contributed by atoms with Gasteiger partial charge < -0.3 is 14.0 Å². The first-order valence-electron chi connectivity index (χ1n) is 7.72. The number of thiophene rings is 1. The smallest absolute Gasteiger partial charge is 0.177 e. The zero-order valence-electron chi connectivity index (χ0n) is 13.7. The summed E-state index contributed by atoms with van der Waals surface area (Å²) in [6.07, 6.45) is 8.28. The molecule has 5 heteroatoms. The van der Waals surface area contributed by atoms with Gasteiger partial charge in [-0.25, -0.2) is 0 Å². The summed E-state index contributed by atoms with van der Waals surface area (Å²) >= 11 is 1.66. The lowest BCUT2D eigenvalue weighted by molar-refractivity contribution is 0.277. The van der Waals surface area contributed by atoms with Crippen molar-refractivity contribution in [3.05, 3.63) is 41.7 Å². The Morgan fingerprint density at radius 2 is 1.77 bits per heavy atom. The van der Waals surface area contributed by atoms with Crippen molar-refractivity contribution in [1.82, 2.24) is 14.6 Å². The van der Waals surface area contributed by atoms with E-state index in [1.165, 1.54) is 32.4 Å². The predicted octanol–water partition coefficient (Wildman–Crippen LogP) is 4.32. The largest absolute Gasteiger partial charge is 0.357 e. The normalized spacial score (nSPS) is 14.9. The zero-order valence-corrected chi connectivity index (χ0v) is 14.5. The van der Waals surface area contributed by atoms with Crippen LogP contribution in [0.2, 0.25) is 0 Å². The van der Waals surface area contributed by atoms with Gasteiger partial charge in [-0.1, -0.05) is 11.6 Å². The molecule has 0 aliphatic carbocycles. The molecule has 1 aliphatic heterocycles. The number of piperidine rings is 1. The molecule has 0 aromatic carbocycles. The van der Waals surface area contributed by atoms with Crippen LogP contribution in [-0.4, -0.2) is 34.8 Å². The van der Waals surface area contributed by atoms with Crippen molar-refractivity contribution in [2.75, 3.05) is 20.1 Å². The van der Waals surface area contributed by atoms with Crippen molar-refractivity contribution in [2.24, 2.45) is 7.05 Å². The number of aryl methyl sites for hydroxylation is 2. The van der Waals surface area contributed by atoms with Crippen LogP contribution in [0.5, 0.6) is 0 Å². The van der Waals surface area contributed by atoms with Gasteiger partial charge in [-0.2, -0.15) is 0 Å². The standard InChI is InChI=1S/C6H5NOS.C6H13N.C5H7N/c1-4-6-5(8-7-4)2-3-9-6;1-7-5-3-2-4-6-7;1-6-4-2-3-5-6/h2-3H,1H3;2-6H2,1H3;2-5H,1H3. The fraction of sp³-hybridized carbons (Fsp3) is 0.471. The third kappa shape index (κ3) is 5.31. The molecular formula is C17H25N3OS. The average Bonchev–Trinajstić information content (AvgIpc) is 3.23. The highest BCUT2D eigenvalue weighted by atomic mass is 32.1. The summed E-state index contributed by atoms with van der Waals surface area (Å²) < 4.78 is 8.11. The van der Waals surface area contributed by atoms with E-state index in [2.05, 4.69) is 17.1 Å². The number of rotatable bonds is 0. The molecule has 3 aromatic heterocycles. The maximum Gasteiger partial charge on any atom is 0.177 e. The van der Waals surface area contributed by atoms with E-state index in [0.717, 1.165) is 16.0 Å². The Kier molecular flexibility index (Phi) is 6.68. The van der Waals surface area contributed by atoms with Crippen molar-refractivity contribution in [2.45, 2.75) is 26.2 Å². The third-order valence-corrected chi connectivity index (χ3v) is 4.58. The zero-order chi connectivity index (χ0) is 15.8. The highest BCUT2D eigenvalue weighted by Gasteiger charge is 2.02. The van der Waals surface area contributed by atoms with Crippen LogP contribution < -0.4 is 0 Å². The van der Waals surface area contributed by atoms with Crippen LogP contribution in [0.15, 0.2) is 40.5 Å². The second-order valence-electron chi connectivity index (χ2n) is 5.59. The van der Waals surface area contributed by atoms with Crippen LogP contribution in [0.25, 0.3) is 10.3 Å². The first-order valence-corrected chi connectivity index (χ1v) is 8.60. The molecule has 22 heavy (non-hydrogen) atoms. The molecule has 3 aromatic rings. The van der Waals surface area contributed by atoms with Gasteiger partial charge in [-0.3, -0.25) is 0 Å². The van der Waals surface area contributed by atoms with Gasteiger partial charge in [-0.05, 0) is 63.5 Å². The first kappa shape index (κ1) is 16.8. The van der Waals surface area contributed by atoms with Crippen molar-refractivity contribution in [3.8, 4) is 0 Å². The summed E-state index contributed by atoms with van der Waals surface area (Å²) in [5.41, 5.74) is 1.89. The summed E-state index contributed by atoms with van der Waals surface area (Å²) in [4.78, 5) is 2.39. The van der Waals surface area contributed by atoms with Gasteiger partial charge in [0.05, 0.1) is 10.4 Å². The molecule has 0 radical (unpaired) electrons. The van der Waals surface area contributed by atoms with Crippen molar-refractivity contribution < 1.29 is 4.52 Å². The van der Waals surface area contributed by atoms with Crippen LogP contribution in [0, 0.1) is 6.92 Å². The molecule has 1 saturated heterocycles. The van der Waals surface area contributed by atoms with Crippen LogP contribution in [0.1, 0.15) is 25.0 Å². The quantitative estimate of drug-likeness (QED) is 0.618. The molecule has 0 unspecified atom stereocenters. The molecule has 0 amide bonds. The highest BCUT2D eigenvalue weighted by Crippen LogP contribution is 2.22. The van der Waals surface area contributed by atoms with E-state index < -0.39 is 0 Å². The van der Waals surface area contributed by atoms with E-state index in [-0.39, 0.29) is 0 Å².